The van der Waals surface area contributed by atoms with Crippen LogP contribution >= 0.6 is 0 Å². The highest BCUT2D eigenvalue weighted by Gasteiger charge is 2.35. The van der Waals surface area contributed by atoms with Gasteiger partial charge in [-0.2, -0.15) is 4.98 Å². The number of hydrogen-bond acceptors (Lipinski definition) is 6. The van der Waals surface area contributed by atoms with E-state index < -0.39 is 0 Å². The predicted octanol–water partition coefficient (Wildman–Crippen LogP) is 1.42. The zero-order chi connectivity index (χ0) is 14.4. The lowest BCUT2D eigenvalue weighted by atomic mass is 10.1. The van der Waals surface area contributed by atoms with Crippen molar-refractivity contribution in [1.29, 1.82) is 0 Å². The Kier molecular flexibility index (Phi) is 2.94. The van der Waals surface area contributed by atoms with Crippen LogP contribution in [0.1, 0.15) is 17.4 Å². The number of piperazine rings is 3. The molecule has 0 saturated carbocycles. The number of benzene rings is 1. The second kappa shape index (κ2) is 4.82. The molecule has 3 saturated heterocycles. The predicted molar refractivity (Wildman–Crippen MR) is 76.9 cm³/mol. The first kappa shape index (κ1) is 12.8. The molecule has 6 heteroatoms. The minimum atomic E-state index is 0.226. The van der Waals surface area contributed by atoms with Crippen LogP contribution in [0.5, 0.6) is 5.75 Å². The van der Waals surface area contributed by atoms with Crippen molar-refractivity contribution >= 4 is 0 Å². The average molecular weight is 286 g/mol. The molecule has 110 valence electrons. The molecule has 0 aliphatic carbocycles. The second-order valence-electron chi connectivity index (χ2n) is 5.81. The first-order chi connectivity index (χ1) is 10.2. The normalized spacial score (nSPS) is 28.0. The van der Waals surface area contributed by atoms with Gasteiger partial charge in [0.05, 0.1) is 6.04 Å². The number of aromatic nitrogens is 2. The van der Waals surface area contributed by atoms with Gasteiger partial charge in [0.1, 0.15) is 5.75 Å². The van der Waals surface area contributed by atoms with Crippen molar-refractivity contribution < 1.29 is 9.63 Å². The van der Waals surface area contributed by atoms with Crippen molar-refractivity contribution in [3.8, 4) is 17.2 Å². The van der Waals surface area contributed by atoms with Gasteiger partial charge in [-0.25, -0.2) is 0 Å². The maximum Gasteiger partial charge on any atom is 0.258 e. The Morgan fingerprint density at radius 2 is 2.05 bits per heavy atom. The third kappa shape index (κ3) is 2.20. The van der Waals surface area contributed by atoms with Crippen molar-refractivity contribution in [1.82, 2.24) is 19.9 Å². The highest BCUT2D eigenvalue weighted by atomic mass is 16.5. The van der Waals surface area contributed by atoms with E-state index in [1.165, 1.54) is 0 Å². The van der Waals surface area contributed by atoms with Gasteiger partial charge < -0.3 is 9.63 Å². The Hall–Kier alpha value is -1.92. The molecule has 1 aromatic carbocycles. The molecule has 0 spiro atoms. The van der Waals surface area contributed by atoms with Gasteiger partial charge in [-0.15, -0.1) is 0 Å². The van der Waals surface area contributed by atoms with Gasteiger partial charge in [0, 0.05) is 38.3 Å². The summed E-state index contributed by atoms with van der Waals surface area (Å²) in [6, 6.07) is 5.64. The van der Waals surface area contributed by atoms with Crippen LogP contribution in [-0.4, -0.2) is 57.8 Å². The van der Waals surface area contributed by atoms with Gasteiger partial charge >= 0.3 is 0 Å². The number of phenols is 1. The third-order valence-corrected chi connectivity index (χ3v) is 4.47. The summed E-state index contributed by atoms with van der Waals surface area (Å²) in [7, 11) is 0. The summed E-state index contributed by atoms with van der Waals surface area (Å²) < 4.78 is 5.39. The van der Waals surface area contributed by atoms with Crippen LogP contribution in [0, 0.1) is 6.92 Å². The van der Waals surface area contributed by atoms with Crippen LogP contribution in [0.2, 0.25) is 0 Å². The number of nitrogens with zero attached hydrogens (tertiary/aromatic N) is 4. The van der Waals surface area contributed by atoms with E-state index in [0.717, 1.165) is 49.7 Å². The number of fused-ring (bicyclic) bond motifs is 3. The highest BCUT2D eigenvalue weighted by molar-refractivity contribution is 5.57. The fraction of sp³-hybridized carbons (Fsp3) is 0.467. The van der Waals surface area contributed by atoms with E-state index in [2.05, 4.69) is 19.9 Å². The molecule has 1 unspecified atom stereocenters. The molecule has 1 N–H and O–H groups in total. The lowest BCUT2D eigenvalue weighted by molar-refractivity contribution is 0.00781. The van der Waals surface area contributed by atoms with E-state index in [4.69, 9.17) is 4.52 Å². The van der Waals surface area contributed by atoms with E-state index in [1.54, 1.807) is 6.07 Å². The molecule has 1 aromatic heterocycles. The Morgan fingerprint density at radius 1 is 1.24 bits per heavy atom. The molecule has 1 atom stereocenters. The van der Waals surface area contributed by atoms with Gasteiger partial charge in [0.2, 0.25) is 0 Å². The number of rotatable bonds is 2. The first-order valence-corrected chi connectivity index (χ1v) is 7.31. The quantitative estimate of drug-likeness (QED) is 0.901. The van der Waals surface area contributed by atoms with Gasteiger partial charge in [-0.3, -0.25) is 9.80 Å². The maximum absolute atomic E-state index is 9.80. The molecule has 2 aromatic rings. The molecule has 0 amide bonds. The number of aromatic hydroxyl groups is 1. The lowest BCUT2D eigenvalue weighted by Crippen LogP contribution is -2.57. The minimum absolute atomic E-state index is 0.226. The van der Waals surface area contributed by atoms with Crippen LogP contribution in [0.4, 0.5) is 0 Å². The van der Waals surface area contributed by atoms with Crippen LogP contribution in [0.3, 0.4) is 0 Å². The fourth-order valence-electron chi connectivity index (χ4n) is 3.09. The van der Waals surface area contributed by atoms with Gasteiger partial charge in [-0.05, 0) is 24.6 Å². The van der Waals surface area contributed by atoms with Crippen LogP contribution < -0.4 is 0 Å². The summed E-state index contributed by atoms with van der Waals surface area (Å²) in [5.41, 5.74) is 1.59. The summed E-state index contributed by atoms with van der Waals surface area (Å²) in [6.45, 7) is 7.23. The summed E-state index contributed by atoms with van der Waals surface area (Å²) >= 11 is 0. The second-order valence-corrected chi connectivity index (χ2v) is 5.81. The summed E-state index contributed by atoms with van der Waals surface area (Å²) in [4.78, 5) is 9.40. The molecule has 21 heavy (non-hydrogen) atoms. The first-order valence-electron chi connectivity index (χ1n) is 7.31. The smallest absolute Gasteiger partial charge is 0.258 e. The summed E-state index contributed by atoms with van der Waals surface area (Å²) in [6.07, 6.45) is 0. The Balaban J connectivity index is 1.62. The van der Waals surface area contributed by atoms with E-state index >= 15 is 0 Å². The van der Waals surface area contributed by atoms with E-state index in [9.17, 15) is 5.11 Å². The van der Waals surface area contributed by atoms with Gasteiger partial charge in [-0.1, -0.05) is 11.2 Å². The molecular weight excluding hydrogens is 268 g/mol. The molecule has 2 bridgehead atoms. The van der Waals surface area contributed by atoms with Gasteiger partial charge in [0.25, 0.3) is 5.89 Å². The topological polar surface area (TPSA) is 65.6 Å². The van der Waals surface area contributed by atoms with Crippen molar-refractivity contribution in [3.05, 3.63) is 29.6 Å². The Bertz CT molecular complexity index is 661. The molecule has 3 aliphatic heterocycles. The van der Waals surface area contributed by atoms with Crippen molar-refractivity contribution in [2.75, 3.05) is 32.7 Å². The molecule has 0 radical (unpaired) electrons. The zero-order valence-corrected chi connectivity index (χ0v) is 12.0. The fourth-order valence-corrected chi connectivity index (χ4v) is 3.09. The molecular formula is C15H18N4O2. The van der Waals surface area contributed by atoms with Crippen LogP contribution in [0.25, 0.3) is 11.5 Å². The number of aryl methyl sites for hydroxylation is 1. The number of phenolic OH excluding ortho intramolecular Hbond substituents is 1. The highest BCUT2D eigenvalue weighted by Crippen LogP contribution is 2.30. The Labute approximate surface area is 123 Å². The average Bonchev–Trinajstić information content (AvgIpc) is 3.01. The number of hydrogen-bond donors (Lipinski definition) is 1. The largest absolute Gasteiger partial charge is 0.508 e. The summed E-state index contributed by atoms with van der Waals surface area (Å²) in [5.74, 6) is 1.46. The van der Waals surface area contributed by atoms with E-state index in [0.29, 0.717) is 5.89 Å². The van der Waals surface area contributed by atoms with E-state index in [1.807, 2.05) is 19.1 Å². The summed E-state index contributed by atoms with van der Waals surface area (Å²) in [5, 5.41) is 13.9. The SMILES string of the molecule is Cc1ccc(-c2nc(C3CN4CCN3CC4)no2)cc1O. The van der Waals surface area contributed by atoms with Gasteiger partial charge in [0.15, 0.2) is 5.82 Å². The van der Waals surface area contributed by atoms with E-state index in [-0.39, 0.29) is 11.8 Å². The standard InChI is InChI=1S/C15H18N4O2/c1-10-2-3-11(8-13(10)20)15-16-14(17-21-15)12-9-18-4-6-19(12)7-5-18/h2-3,8,12,20H,4-7,9H2,1H3. The maximum atomic E-state index is 9.80. The molecule has 5 rings (SSSR count). The molecule has 4 heterocycles. The Morgan fingerprint density at radius 3 is 2.71 bits per heavy atom. The molecule has 3 fully saturated rings. The zero-order valence-electron chi connectivity index (χ0n) is 12.0. The van der Waals surface area contributed by atoms with Crippen molar-refractivity contribution in [3.63, 3.8) is 0 Å². The molecule has 3 aliphatic rings. The lowest BCUT2D eigenvalue weighted by Gasteiger charge is -2.46. The van der Waals surface area contributed by atoms with Crippen molar-refractivity contribution in [2.24, 2.45) is 0 Å². The van der Waals surface area contributed by atoms with Crippen molar-refractivity contribution in [2.45, 2.75) is 13.0 Å². The minimum Gasteiger partial charge on any atom is -0.508 e. The molecule has 6 nitrogen and oxygen atoms in total. The van der Waals surface area contributed by atoms with Crippen LogP contribution in [-0.2, 0) is 0 Å². The monoisotopic (exact) mass is 286 g/mol. The third-order valence-electron chi connectivity index (χ3n) is 4.47. The van der Waals surface area contributed by atoms with Crippen LogP contribution in [0.15, 0.2) is 22.7 Å².